The third-order valence-corrected chi connectivity index (χ3v) is 4.20. The van der Waals surface area contributed by atoms with Crippen LogP contribution in [0.25, 0.3) is 0 Å². The summed E-state index contributed by atoms with van der Waals surface area (Å²) in [5, 5.41) is 9.87. The van der Waals surface area contributed by atoms with Crippen molar-refractivity contribution in [2.45, 2.75) is 58.7 Å². The summed E-state index contributed by atoms with van der Waals surface area (Å²) >= 11 is 0. The summed E-state index contributed by atoms with van der Waals surface area (Å²) in [6.45, 7) is 12.3. The summed E-state index contributed by atoms with van der Waals surface area (Å²) in [4.78, 5) is 0. The molecule has 1 fully saturated rings. The normalized spacial score (nSPS) is 21.1. The second-order valence-electron chi connectivity index (χ2n) is 6.56. The van der Waals surface area contributed by atoms with Crippen LogP contribution in [-0.2, 0) is 9.31 Å². The maximum Gasteiger partial charge on any atom is 0.494 e. The van der Waals surface area contributed by atoms with E-state index in [-0.39, 0.29) is 24.2 Å². The lowest BCUT2D eigenvalue weighted by Crippen LogP contribution is -2.41. The Hall–Kier alpha value is -0.995. The minimum Gasteiger partial charge on any atom is -0.508 e. The first kappa shape index (κ1) is 14.4. The standard InChI is InChI=1S/C15H23BO3/c1-10(2)12-9-11(7-8-13(12)17)16-18-14(3,4)15(5,6)19-16/h7-10,17H,1-6H3. The predicted octanol–water partition coefficient (Wildman–Crippen LogP) is 2.81. The molecule has 1 N–H and O–H groups in total. The Bertz CT molecular complexity index is 464. The number of benzene rings is 1. The maximum absolute atomic E-state index is 9.87. The van der Waals surface area contributed by atoms with E-state index in [9.17, 15) is 5.11 Å². The highest BCUT2D eigenvalue weighted by Crippen LogP contribution is 2.37. The molecule has 0 aromatic heterocycles. The predicted molar refractivity (Wildman–Crippen MR) is 77.9 cm³/mol. The average molecular weight is 262 g/mol. The Morgan fingerprint density at radius 3 is 2.05 bits per heavy atom. The molecule has 1 aromatic carbocycles. The van der Waals surface area contributed by atoms with Gasteiger partial charge >= 0.3 is 7.12 Å². The molecule has 3 nitrogen and oxygen atoms in total. The minimum absolute atomic E-state index is 0.266. The van der Waals surface area contributed by atoms with Crippen LogP contribution < -0.4 is 5.46 Å². The molecule has 1 saturated heterocycles. The lowest BCUT2D eigenvalue weighted by Gasteiger charge is -2.32. The van der Waals surface area contributed by atoms with E-state index < -0.39 is 0 Å². The second-order valence-corrected chi connectivity index (χ2v) is 6.56. The molecule has 0 unspecified atom stereocenters. The van der Waals surface area contributed by atoms with Crippen LogP contribution in [0, 0.1) is 0 Å². The maximum atomic E-state index is 9.87. The van der Waals surface area contributed by atoms with Gasteiger partial charge in [-0.25, -0.2) is 0 Å². The van der Waals surface area contributed by atoms with Crippen LogP contribution in [0.15, 0.2) is 18.2 Å². The van der Waals surface area contributed by atoms with E-state index in [1.165, 1.54) is 0 Å². The molecule has 0 amide bonds. The molecule has 19 heavy (non-hydrogen) atoms. The minimum atomic E-state index is -0.372. The van der Waals surface area contributed by atoms with E-state index in [0.29, 0.717) is 5.75 Å². The Morgan fingerprint density at radius 1 is 1.05 bits per heavy atom. The molecule has 104 valence electrons. The van der Waals surface area contributed by atoms with E-state index >= 15 is 0 Å². The molecule has 0 radical (unpaired) electrons. The van der Waals surface area contributed by atoms with Crippen LogP contribution in [-0.4, -0.2) is 23.4 Å². The SMILES string of the molecule is CC(C)c1cc(B2OC(C)(C)C(C)(C)O2)ccc1O. The number of phenolic OH excluding ortho intramolecular Hbond substituents is 1. The molecular formula is C15H23BO3. The van der Waals surface area contributed by atoms with Gasteiger partial charge in [-0.05, 0) is 50.7 Å². The van der Waals surface area contributed by atoms with Crippen molar-refractivity contribution in [3.63, 3.8) is 0 Å². The van der Waals surface area contributed by atoms with Crippen molar-refractivity contribution in [2.75, 3.05) is 0 Å². The van der Waals surface area contributed by atoms with Gasteiger partial charge in [0, 0.05) is 0 Å². The van der Waals surface area contributed by atoms with Crippen molar-refractivity contribution in [1.29, 1.82) is 0 Å². The molecule has 0 atom stereocenters. The van der Waals surface area contributed by atoms with Gasteiger partial charge in [-0.3, -0.25) is 0 Å². The van der Waals surface area contributed by atoms with Gasteiger partial charge in [0.05, 0.1) is 11.2 Å². The van der Waals surface area contributed by atoms with E-state index in [1.807, 2.05) is 39.8 Å². The van der Waals surface area contributed by atoms with Crippen molar-refractivity contribution >= 4 is 12.6 Å². The summed E-state index contributed by atoms with van der Waals surface area (Å²) in [5.74, 6) is 0.595. The third kappa shape index (κ3) is 2.52. The van der Waals surface area contributed by atoms with Crippen molar-refractivity contribution in [2.24, 2.45) is 0 Å². The molecule has 0 saturated carbocycles. The first-order valence-electron chi connectivity index (χ1n) is 6.82. The number of aromatic hydroxyl groups is 1. The van der Waals surface area contributed by atoms with Gasteiger partial charge in [0.25, 0.3) is 0 Å². The van der Waals surface area contributed by atoms with Gasteiger partial charge in [0.15, 0.2) is 0 Å². The van der Waals surface area contributed by atoms with Gasteiger partial charge in [-0.15, -0.1) is 0 Å². The van der Waals surface area contributed by atoms with Gasteiger partial charge < -0.3 is 14.4 Å². The van der Waals surface area contributed by atoms with E-state index in [1.54, 1.807) is 6.07 Å². The van der Waals surface area contributed by atoms with Crippen LogP contribution >= 0.6 is 0 Å². The lowest BCUT2D eigenvalue weighted by atomic mass is 9.77. The summed E-state index contributed by atoms with van der Waals surface area (Å²) in [6.07, 6.45) is 0. The Kier molecular flexibility index (Phi) is 3.44. The summed E-state index contributed by atoms with van der Waals surface area (Å²) in [6, 6.07) is 5.56. The number of phenols is 1. The van der Waals surface area contributed by atoms with E-state index in [2.05, 4.69) is 13.8 Å². The molecule has 4 heteroatoms. The molecule has 1 aromatic rings. The van der Waals surface area contributed by atoms with Crippen LogP contribution in [0.5, 0.6) is 5.75 Å². The second kappa shape index (κ2) is 4.53. The fourth-order valence-electron chi connectivity index (χ4n) is 2.16. The molecule has 0 bridgehead atoms. The van der Waals surface area contributed by atoms with E-state index in [4.69, 9.17) is 9.31 Å². The molecule has 0 spiro atoms. The number of rotatable bonds is 2. The fourth-order valence-corrected chi connectivity index (χ4v) is 2.16. The quantitative estimate of drug-likeness (QED) is 0.833. The highest BCUT2D eigenvalue weighted by Gasteiger charge is 2.51. The largest absolute Gasteiger partial charge is 0.508 e. The zero-order chi connectivity index (χ0) is 14.4. The van der Waals surface area contributed by atoms with Crippen LogP contribution in [0.4, 0.5) is 0 Å². The Balaban J connectivity index is 2.32. The summed E-state index contributed by atoms with van der Waals surface area (Å²) < 4.78 is 12.0. The van der Waals surface area contributed by atoms with Crippen LogP contribution in [0.3, 0.4) is 0 Å². The molecule has 0 aliphatic carbocycles. The van der Waals surface area contributed by atoms with Crippen molar-refractivity contribution in [3.8, 4) is 5.75 Å². The average Bonchev–Trinajstić information content (AvgIpc) is 2.48. The van der Waals surface area contributed by atoms with Crippen molar-refractivity contribution < 1.29 is 14.4 Å². The highest BCUT2D eigenvalue weighted by molar-refractivity contribution is 6.62. The first-order valence-corrected chi connectivity index (χ1v) is 6.82. The summed E-state index contributed by atoms with van der Waals surface area (Å²) in [5.41, 5.74) is 1.20. The van der Waals surface area contributed by atoms with Gasteiger partial charge in [0.2, 0.25) is 0 Å². The monoisotopic (exact) mass is 262 g/mol. The number of hydrogen-bond donors (Lipinski definition) is 1. The molecule has 2 rings (SSSR count). The molecule has 1 heterocycles. The van der Waals surface area contributed by atoms with E-state index in [0.717, 1.165) is 11.0 Å². The summed E-state index contributed by atoms with van der Waals surface area (Å²) in [7, 11) is -0.372. The smallest absolute Gasteiger partial charge is 0.494 e. The van der Waals surface area contributed by atoms with Crippen molar-refractivity contribution in [1.82, 2.24) is 0 Å². The molecule has 1 aliphatic heterocycles. The van der Waals surface area contributed by atoms with Crippen molar-refractivity contribution in [3.05, 3.63) is 23.8 Å². The van der Waals surface area contributed by atoms with Crippen LogP contribution in [0.1, 0.15) is 53.0 Å². The molecule has 1 aliphatic rings. The fraction of sp³-hybridized carbons (Fsp3) is 0.600. The zero-order valence-corrected chi connectivity index (χ0v) is 12.7. The van der Waals surface area contributed by atoms with Crippen LogP contribution in [0.2, 0.25) is 0 Å². The van der Waals surface area contributed by atoms with Gasteiger partial charge in [0.1, 0.15) is 5.75 Å². The topological polar surface area (TPSA) is 38.7 Å². The highest BCUT2D eigenvalue weighted by atomic mass is 16.7. The van der Waals surface area contributed by atoms with Gasteiger partial charge in [-0.2, -0.15) is 0 Å². The number of hydrogen-bond acceptors (Lipinski definition) is 3. The third-order valence-electron chi connectivity index (χ3n) is 4.20. The Labute approximate surface area is 116 Å². The van der Waals surface area contributed by atoms with Gasteiger partial charge in [-0.1, -0.05) is 26.0 Å². The Morgan fingerprint density at radius 2 is 1.58 bits per heavy atom. The first-order chi connectivity index (χ1) is 8.64. The molecular weight excluding hydrogens is 239 g/mol. The zero-order valence-electron chi connectivity index (χ0n) is 12.7. The lowest BCUT2D eigenvalue weighted by molar-refractivity contribution is 0.00578.